The van der Waals surface area contributed by atoms with Gasteiger partial charge in [-0.3, -0.25) is 13.9 Å². The minimum atomic E-state index is -4.21. The summed E-state index contributed by atoms with van der Waals surface area (Å²) in [5.74, 6) is -0.400. The molecule has 0 spiro atoms. The lowest BCUT2D eigenvalue weighted by atomic mass is 10.1. The molecule has 1 unspecified atom stereocenters. The summed E-state index contributed by atoms with van der Waals surface area (Å²) in [6.07, 6.45) is 0. The Morgan fingerprint density at radius 3 is 2.23 bits per heavy atom. The molecular weight excluding hydrogens is 550 g/mol. The van der Waals surface area contributed by atoms with Crippen molar-refractivity contribution in [3.8, 4) is 5.75 Å². The first-order valence-electron chi connectivity index (χ1n) is 12.8. The first-order valence-corrected chi connectivity index (χ1v) is 14.6. The average Bonchev–Trinajstić information content (AvgIpc) is 2.88. The number of amides is 2. The lowest BCUT2D eigenvalue weighted by Gasteiger charge is -2.33. The molecule has 0 fully saturated rings. The van der Waals surface area contributed by atoms with E-state index in [2.05, 4.69) is 5.32 Å². The van der Waals surface area contributed by atoms with Crippen molar-refractivity contribution in [2.45, 2.75) is 57.6 Å². The van der Waals surface area contributed by atoms with Crippen LogP contribution in [0.5, 0.6) is 5.75 Å². The molecule has 40 heavy (non-hydrogen) atoms. The zero-order chi connectivity index (χ0) is 29.7. The van der Waals surface area contributed by atoms with Crippen LogP contribution >= 0.6 is 11.6 Å². The third-order valence-corrected chi connectivity index (χ3v) is 8.15. The van der Waals surface area contributed by atoms with Crippen molar-refractivity contribution in [2.75, 3.05) is 18.0 Å². The summed E-state index contributed by atoms with van der Waals surface area (Å²) in [5.41, 5.74) is 1.52. The van der Waals surface area contributed by atoms with Crippen molar-refractivity contribution in [3.05, 3.63) is 88.9 Å². The fraction of sp³-hybridized carbons (Fsp3) is 0.333. The van der Waals surface area contributed by atoms with Crippen LogP contribution in [0.4, 0.5) is 5.69 Å². The number of nitrogens with zero attached hydrogens (tertiary/aromatic N) is 2. The first kappa shape index (κ1) is 31.0. The molecule has 0 aliphatic carbocycles. The van der Waals surface area contributed by atoms with Gasteiger partial charge in [0, 0.05) is 17.1 Å². The van der Waals surface area contributed by atoms with E-state index in [0.29, 0.717) is 10.8 Å². The first-order chi connectivity index (χ1) is 18.7. The number of rotatable bonds is 10. The van der Waals surface area contributed by atoms with Gasteiger partial charge in [0.2, 0.25) is 11.8 Å². The van der Waals surface area contributed by atoms with Crippen molar-refractivity contribution in [3.63, 3.8) is 0 Å². The molecule has 0 heterocycles. The number of methoxy groups -OCH3 is 1. The Morgan fingerprint density at radius 1 is 1.00 bits per heavy atom. The van der Waals surface area contributed by atoms with Crippen molar-refractivity contribution in [1.82, 2.24) is 10.2 Å². The summed E-state index contributed by atoms with van der Waals surface area (Å²) < 4.78 is 34.0. The van der Waals surface area contributed by atoms with Gasteiger partial charge in [-0.25, -0.2) is 8.42 Å². The third kappa shape index (κ3) is 7.99. The maximum absolute atomic E-state index is 14.0. The third-order valence-electron chi connectivity index (χ3n) is 6.12. The lowest BCUT2D eigenvalue weighted by molar-refractivity contribution is -0.140. The quantitative estimate of drug-likeness (QED) is 0.353. The van der Waals surface area contributed by atoms with E-state index in [-0.39, 0.29) is 23.0 Å². The number of aryl methyl sites for hydroxylation is 1. The average molecular weight is 586 g/mol. The van der Waals surface area contributed by atoms with Gasteiger partial charge in [0.05, 0.1) is 17.7 Å². The molecule has 3 rings (SSSR count). The van der Waals surface area contributed by atoms with E-state index in [1.54, 1.807) is 25.1 Å². The molecule has 214 valence electrons. The van der Waals surface area contributed by atoms with Crippen LogP contribution in [0.2, 0.25) is 5.02 Å². The number of anilines is 1. The van der Waals surface area contributed by atoms with Crippen LogP contribution in [-0.4, -0.2) is 50.4 Å². The van der Waals surface area contributed by atoms with E-state index in [9.17, 15) is 18.0 Å². The largest absolute Gasteiger partial charge is 0.497 e. The van der Waals surface area contributed by atoms with Gasteiger partial charge in [0.15, 0.2) is 0 Å². The summed E-state index contributed by atoms with van der Waals surface area (Å²) in [5, 5.41) is 3.23. The highest BCUT2D eigenvalue weighted by Crippen LogP contribution is 2.28. The van der Waals surface area contributed by atoms with Gasteiger partial charge in [-0.15, -0.1) is 0 Å². The van der Waals surface area contributed by atoms with Crippen molar-refractivity contribution in [1.29, 1.82) is 0 Å². The van der Waals surface area contributed by atoms with Gasteiger partial charge >= 0.3 is 0 Å². The number of hydrogen-bond acceptors (Lipinski definition) is 5. The number of hydrogen-bond donors (Lipinski definition) is 1. The fourth-order valence-electron chi connectivity index (χ4n) is 4.10. The Kier molecular flexibility index (Phi) is 9.87. The maximum Gasteiger partial charge on any atom is 0.264 e. The number of ether oxygens (including phenoxy) is 1. The molecule has 3 aromatic carbocycles. The Bertz CT molecular complexity index is 1450. The lowest BCUT2D eigenvalue weighted by Crippen LogP contribution is -2.54. The SMILES string of the molecule is COc1ccc(S(=O)(=O)N(CC(=O)N(Cc2cccc(C)c2)C(C)C(=O)NC(C)(C)C)c2cccc(Cl)c2)cc1. The maximum atomic E-state index is 14.0. The van der Waals surface area contributed by atoms with Gasteiger partial charge < -0.3 is 15.0 Å². The van der Waals surface area contributed by atoms with Gasteiger partial charge in [-0.2, -0.15) is 0 Å². The normalized spacial score (nSPS) is 12.4. The van der Waals surface area contributed by atoms with E-state index >= 15 is 0 Å². The molecule has 0 saturated carbocycles. The highest BCUT2D eigenvalue weighted by Gasteiger charge is 2.33. The Morgan fingerprint density at radius 2 is 1.65 bits per heavy atom. The fourth-order valence-corrected chi connectivity index (χ4v) is 5.69. The molecule has 0 aromatic heterocycles. The number of carbonyl (C=O) groups is 2. The van der Waals surface area contributed by atoms with Gasteiger partial charge in [-0.1, -0.05) is 47.5 Å². The molecular formula is C30H36ClN3O5S. The highest BCUT2D eigenvalue weighted by molar-refractivity contribution is 7.92. The zero-order valence-corrected chi connectivity index (χ0v) is 25.2. The molecule has 8 nitrogen and oxygen atoms in total. The van der Waals surface area contributed by atoms with Crippen LogP contribution < -0.4 is 14.4 Å². The Balaban J connectivity index is 2.04. The second-order valence-corrected chi connectivity index (χ2v) is 12.9. The topological polar surface area (TPSA) is 96.0 Å². The van der Waals surface area contributed by atoms with Crippen LogP contribution in [-0.2, 0) is 26.2 Å². The molecule has 3 aromatic rings. The van der Waals surface area contributed by atoms with E-state index in [0.717, 1.165) is 15.4 Å². The van der Waals surface area contributed by atoms with Crippen LogP contribution in [0, 0.1) is 6.92 Å². The zero-order valence-electron chi connectivity index (χ0n) is 23.6. The predicted molar refractivity (Wildman–Crippen MR) is 158 cm³/mol. The van der Waals surface area contributed by atoms with Crippen LogP contribution in [0.3, 0.4) is 0 Å². The highest BCUT2D eigenvalue weighted by atomic mass is 35.5. The number of benzene rings is 3. The van der Waals surface area contributed by atoms with Crippen molar-refractivity contribution < 1.29 is 22.7 Å². The molecule has 0 aliphatic rings. The number of nitrogens with one attached hydrogen (secondary N) is 1. The summed E-state index contributed by atoms with van der Waals surface area (Å²) in [7, 11) is -2.72. The molecule has 2 amide bonds. The van der Waals surface area contributed by atoms with E-state index in [1.807, 2.05) is 52.0 Å². The van der Waals surface area contributed by atoms with Gasteiger partial charge in [0.1, 0.15) is 18.3 Å². The summed E-state index contributed by atoms with van der Waals surface area (Å²) in [4.78, 5) is 28.5. The molecule has 10 heteroatoms. The minimum absolute atomic E-state index is 0.0233. The minimum Gasteiger partial charge on any atom is -0.497 e. The standard InChI is InChI=1S/C30H36ClN3O5S/c1-21-9-7-10-23(17-21)19-33(22(2)29(36)32-30(3,4)5)28(35)20-34(25-12-8-11-24(31)18-25)40(37,38)27-15-13-26(39-6)14-16-27/h7-18,22H,19-20H2,1-6H3,(H,32,36). The summed E-state index contributed by atoms with van der Waals surface area (Å²) >= 11 is 6.21. The number of carbonyl (C=O) groups excluding carboxylic acids is 2. The Hall–Kier alpha value is -3.56. The van der Waals surface area contributed by atoms with E-state index < -0.39 is 34.1 Å². The second-order valence-electron chi connectivity index (χ2n) is 10.6. The molecule has 0 saturated heterocycles. The number of sulfonamides is 1. The Labute approximate surface area is 241 Å². The second kappa shape index (κ2) is 12.7. The van der Waals surface area contributed by atoms with E-state index in [4.69, 9.17) is 16.3 Å². The van der Waals surface area contributed by atoms with Crippen LogP contribution in [0.25, 0.3) is 0 Å². The monoisotopic (exact) mass is 585 g/mol. The van der Waals surface area contributed by atoms with Crippen LogP contribution in [0.1, 0.15) is 38.8 Å². The summed E-state index contributed by atoms with van der Waals surface area (Å²) in [6, 6.07) is 18.9. The van der Waals surface area contributed by atoms with E-state index in [1.165, 1.54) is 42.3 Å². The van der Waals surface area contributed by atoms with Crippen molar-refractivity contribution in [2.24, 2.45) is 0 Å². The number of halogens is 1. The summed E-state index contributed by atoms with van der Waals surface area (Å²) in [6.45, 7) is 8.70. The van der Waals surface area contributed by atoms with Gasteiger partial charge in [-0.05, 0) is 82.6 Å². The molecule has 0 aliphatic heterocycles. The van der Waals surface area contributed by atoms with Crippen LogP contribution in [0.15, 0.2) is 77.7 Å². The molecule has 0 bridgehead atoms. The molecule has 1 atom stereocenters. The van der Waals surface area contributed by atoms with Crippen molar-refractivity contribution >= 4 is 39.1 Å². The van der Waals surface area contributed by atoms with Gasteiger partial charge in [0.25, 0.3) is 10.0 Å². The molecule has 1 N–H and O–H groups in total. The smallest absolute Gasteiger partial charge is 0.264 e. The predicted octanol–water partition coefficient (Wildman–Crippen LogP) is 5.18. The molecule has 0 radical (unpaired) electrons.